The maximum atomic E-state index is 13.4. The average molecular weight is 495 g/mol. The van der Waals surface area contributed by atoms with Crippen LogP contribution in [0.1, 0.15) is 44.1 Å². The molecule has 5 rings (SSSR count). The summed E-state index contributed by atoms with van der Waals surface area (Å²) in [6, 6.07) is 1.99. The molecule has 2 aromatic rings. The van der Waals surface area contributed by atoms with Crippen molar-refractivity contribution in [2.45, 2.75) is 51.4 Å². The van der Waals surface area contributed by atoms with E-state index in [2.05, 4.69) is 33.2 Å². The number of pyridine rings is 1. The lowest BCUT2D eigenvalue weighted by atomic mass is 10.1. The minimum absolute atomic E-state index is 0.287. The fourth-order valence-corrected chi connectivity index (χ4v) is 6.15. The molecule has 0 spiro atoms. The molecule has 35 heavy (non-hydrogen) atoms. The molecule has 1 unspecified atom stereocenters. The van der Waals surface area contributed by atoms with Gasteiger partial charge in [0.15, 0.2) is 0 Å². The molecule has 2 aliphatic carbocycles. The molecule has 10 heteroatoms. The van der Waals surface area contributed by atoms with Gasteiger partial charge in [-0.2, -0.15) is 13.2 Å². The number of nitrogens with two attached hydrogens (primary N) is 1. The number of halogens is 4. The van der Waals surface area contributed by atoms with Crippen LogP contribution in [-0.4, -0.2) is 69.8 Å². The normalized spacial score (nSPS) is 27.5. The SMILES string of the molecule is CC(C)Cc1nc(-c2cnc(N)c(C(F)(F)F)c2)cn1[C@H]1[C@@H]2CC(N3CCN(CCF)CC3)C[C@@H]21. The largest absolute Gasteiger partial charge is 0.419 e. The summed E-state index contributed by atoms with van der Waals surface area (Å²) in [7, 11) is 0. The zero-order chi connectivity index (χ0) is 24.9. The first kappa shape index (κ1) is 24.5. The molecule has 1 saturated heterocycles. The summed E-state index contributed by atoms with van der Waals surface area (Å²) in [4.78, 5) is 13.3. The maximum absolute atomic E-state index is 13.4. The van der Waals surface area contributed by atoms with Gasteiger partial charge in [0.2, 0.25) is 0 Å². The molecule has 2 saturated carbocycles. The highest BCUT2D eigenvalue weighted by atomic mass is 19.4. The van der Waals surface area contributed by atoms with E-state index in [9.17, 15) is 17.6 Å². The summed E-state index contributed by atoms with van der Waals surface area (Å²) >= 11 is 0. The van der Waals surface area contributed by atoms with E-state index in [1.165, 1.54) is 6.20 Å². The van der Waals surface area contributed by atoms with Gasteiger partial charge in [0.1, 0.15) is 18.3 Å². The highest BCUT2D eigenvalue weighted by Crippen LogP contribution is 2.62. The minimum Gasteiger partial charge on any atom is -0.383 e. The van der Waals surface area contributed by atoms with Crippen LogP contribution in [0.25, 0.3) is 11.3 Å². The molecule has 0 aromatic carbocycles. The Morgan fingerprint density at radius 2 is 1.80 bits per heavy atom. The fourth-order valence-electron chi connectivity index (χ4n) is 6.15. The Morgan fingerprint density at radius 1 is 1.11 bits per heavy atom. The molecule has 1 aliphatic heterocycles. The van der Waals surface area contributed by atoms with Crippen molar-refractivity contribution in [3.8, 4) is 11.3 Å². The number of fused-ring (bicyclic) bond motifs is 1. The summed E-state index contributed by atoms with van der Waals surface area (Å²) in [5.41, 5.74) is 5.42. The van der Waals surface area contributed by atoms with Gasteiger partial charge in [0, 0.05) is 69.2 Å². The molecule has 0 bridgehead atoms. The number of imidazole rings is 1. The Morgan fingerprint density at radius 3 is 2.40 bits per heavy atom. The lowest BCUT2D eigenvalue weighted by Crippen LogP contribution is -2.50. The quantitative estimate of drug-likeness (QED) is 0.582. The monoisotopic (exact) mass is 494 g/mol. The van der Waals surface area contributed by atoms with Gasteiger partial charge >= 0.3 is 6.18 Å². The molecule has 192 valence electrons. The number of piperazine rings is 1. The van der Waals surface area contributed by atoms with Crippen LogP contribution >= 0.6 is 0 Å². The van der Waals surface area contributed by atoms with Gasteiger partial charge in [0.25, 0.3) is 0 Å². The fraction of sp³-hybridized carbons (Fsp3) is 0.680. The minimum atomic E-state index is -4.56. The third kappa shape index (κ3) is 4.91. The van der Waals surface area contributed by atoms with E-state index >= 15 is 0 Å². The zero-order valence-electron chi connectivity index (χ0n) is 20.3. The summed E-state index contributed by atoms with van der Waals surface area (Å²) in [5, 5.41) is 0. The second-order valence-corrected chi connectivity index (χ2v) is 10.7. The second kappa shape index (κ2) is 9.35. The highest BCUT2D eigenvalue weighted by Gasteiger charge is 2.58. The molecule has 6 nitrogen and oxygen atoms in total. The number of aromatic nitrogens is 3. The first-order valence-corrected chi connectivity index (χ1v) is 12.6. The summed E-state index contributed by atoms with van der Waals surface area (Å²) in [6.45, 7) is 8.33. The average Bonchev–Trinajstić information content (AvgIpc) is 3.10. The van der Waals surface area contributed by atoms with Crippen molar-refractivity contribution in [1.29, 1.82) is 0 Å². The van der Waals surface area contributed by atoms with Crippen LogP contribution in [0.3, 0.4) is 0 Å². The number of hydrogen-bond acceptors (Lipinski definition) is 5. The predicted octanol–water partition coefficient (Wildman–Crippen LogP) is 4.28. The number of nitrogens with zero attached hydrogens (tertiary/aromatic N) is 5. The zero-order valence-corrected chi connectivity index (χ0v) is 20.3. The van der Waals surface area contributed by atoms with Crippen molar-refractivity contribution in [3.05, 3.63) is 29.8 Å². The number of alkyl halides is 4. The molecule has 2 N–H and O–H groups in total. The van der Waals surface area contributed by atoms with Crippen LogP contribution < -0.4 is 5.73 Å². The molecular weight excluding hydrogens is 460 g/mol. The Bertz CT molecular complexity index is 1030. The molecule has 3 aliphatic rings. The molecule has 0 radical (unpaired) electrons. The maximum Gasteiger partial charge on any atom is 0.419 e. The van der Waals surface area contributed by atoms with E-state index < -0.39 is 17.6 Å². The third-order valence-corrected chi connectivity index (χ3v) is 7.94. The smallest absolute Gasteiger partial charge is 0.383 e. The van der Waals surface area contributed by atoms with E-state index in [0.717, 1.165) is 57.3 Å². The second-order valence-electron chi connectivity index (χ2n) is 10.7. The topological polar surface area (TPSA) is 63.2 Å². The van der Waals surface area contributed by atoms with Gasteiger partial charge in [-0.25, -0.2) is 14.4 Å². The Kier molecular flexibility index (Phi) is 6.54. The van der Waals surface area contributed by atoms with Crippen LogP contribution in [-0.2, 0) is 12.6 Å². The van der Waals surface area contributed by atoms with E-state index in [-0.39, 0.29) is 6.67 Å². The van der Waals surface area contributed by atoms with Crippen molar-refractivity contribution >= 4 is 5.82 Å². The van der Waals surface area contributed by atoms with Crippen molar-refractivity contribution in [2.24, 2.45) is 17.8 Å². The van der Waals surface area contributed by atoms with E-state index in [1.807, 2.05) is 6.20 Å². The van der Waals surface area contributed by atoms with Gasteiger partial charge in [0.05, 0.1) is 11.3 Å². The van der Waals surface area contributed by atoms with E-state index in [1.54, 1.807) is 0 Å². The number of anilines is 1. The van der Waals surface area contributed by atoms with E-state index in [0.29, 0.717) is 47.6 Å². The first-order valence-electron chi connectivity index (χ1n) is 12.6. The van der Waals surface area contributed by atoms with Crippen molar-refractivity contribution in [2.75, 3.05) is 45.1 Å². The molecule has 0 amide bonds. The van der Waals surface area contributed by atoms with Crippen LogP contribution in [0.15, 0.2) is 18.5 Å². The third-order valence-electron chi connectivity index (χ3n) is 7.94. The molecule has 2 aromatic heterocycles. The van der Waals surface area contributed by atoms with Gasteiger partial charge < -0.3 is 10.3 Å². The van der Waals surface area contributed by atoms with Crippen LogP contribution in [0.4, 0.5) is 23.4 Å². The number of rotatable bonds is 7. The molecule has 3 fully saturated rings. The predicted molar refractivity (Wildman–Crippen MR) is 126 cm³/mol. The van der Waals surface area contributed by atoms with Crippen molar-refractivity contribution in [1.82, 2.24) is 24.3 Å². The van der Waals surface area contributed by atoms with Crippen molar-refractivity contribution in [3.63, 3.8) is 0 Å². The Labute approximate surface area is 203 Å². The Balaban J connectivity index is 1.31. The highest BCUT2D eigenvalue weighted by molar-refractivity contribution is 5.62. The summed E-state index contributed by atoms with van der Waals surface area (Å²) < 4.78 is 55.0. The molecule has 4 atom stereocenters. The van der Waals surface area contributed by atoms with E-state index in [4.69, 9.17) is 10.7 Å². The number of hydrogen-bond donors (Lipinski definition) is 1. The van der Waals surface area contributed by atoms with Gasteiger partial charge in [-0.3, -0.25) is 9.80 Å². The van der Waals surface area contributed by atoms with Gasteiger partial charge in [-0.05, 0) is 36.7 Å². The Hall–Kier alpha value is -2.20. The van der Waals surface area contributed by atoms with Crippen LogP contribution in [0.5, 0.6) is 0 Å². The van der Waals surface area contributed by atoms with Crippen LogP contribution in [0.2, 0.25) is 0 Å². The van der Waals surface area contributed by atoms with Crippen molar-refractivity contribution < 1.29 is 17.6 Å². The first-order chi connectivity index (χ1) is 16.7. The molecular formula is C25H34F4N6. The molecule has 3 heterocycles. The number of nitrogen functional groups attached to an aromatic ring is 1. The lowest BCUT2D eigenvalue weighted by Gasteiger charge is -2.38. The summed E-state index contributed by atoms with van der Waals surface area (Å²) in [5.74, 6) is 1.94. The van der Waals surface area contributed by atoms with Gasteiger partial charge in [-0.1, -0.05) is 13.8 Å². The van der Waals surface area contributed by atoms with Gasteiger partial charge in [-0.15, -0.1) is 0 Å². The lowest BCUT2D eigenvalue weighted by molar-refractivity contribution is -0.137. The standard InChI is InChI=1S/C25H34F4N6/c1-15(2)9-22-32-21(16-10-20(25(27,28)29)24(30)31-13-16)14-35(22)23-18-11-17(12-19(18)23)34-7-5-33(4-3-26)6-8-34/h10,13-15,17-19,23H,3-9,11-12H2,1-2H3,(H2,30,31)/t17?,18-,19+,23+. The van der Waals surface area contributed by atoms with Crippen LogP contribution in [0, 0.1) is 17.8 Å². The summed E-state index contributed by atoms with van der Waals surface area (Å²) in [6.07, 6.45) is 1.77.